The summed E-state index contributed by atoms with van der Waals surface area (Å²) in [5, 5.41) is 0. The third kappa shape index (κ3) is 257. The van der Waals surface area contributed by atoms with Crippen molar-refractivity contribution in [2.75, 3.05) is 0 Å². The Morgan fingerprint density at radius 1 is 0.0938 bits per heavy atom. The first-order valence-electron chi connectivity index (χ1n) is 29.1. The molecule has 0 unspecified atom stereocenters. The summed E-state index contributed by atoms with van der Waals surface area (Å²) < 4.78 is 0. The zero-order chi connectivity index (χ0) is 48.3. The normalized spacial score (nSPS) is 8.44. The van der Waals surface area contributed by atoms with Crippen LogP contribution in [-0.2, 0) is 0 Å². The summed E-state index contributed by atoms with van der Waals surface area (Å²) >= 11 is 0. The molecule has 0 aromatic carbocycles. The molecule has 4 nitrogen and oxygen atoms in total. The predicted octanol–water partition coefficient (Wildman–Crippen LogP) is 22.6. The first kappa shape index (κ1) is 101. The summed E-state index contributed by atoms with van der Waals surface area (Å²) in [4.78, 5) is 0. The highest BCUT2D eigenvalue weighted by Gasteiger charge is 1.80. The lowest BCUT2D eigenvalue weighted by molar-refractivity contribution is 0.702. The van der Waals surface area contributed by atoms with E-state index in [1.165, 1.54) is 257 Å². The molecule has 0 bridgehead atoms. The fraction of sp³-hybridized carbons (Fsp3) is 1.00. The van der Waals surface area contributed by atoms with Crippen LogP contribution in [0.4, 0.5) is 0 Å². The average Bonchev–Trinajstić information content (AvgIpc) is 3.28. The molecule has 0 fully saturated rings. The van der Waals surface area contributed by atoms with Gasteiger partial charge in [0.25, 0.3) is 0 Å². The van der Waals surface area contributed by atoms with E-state index in [0.29, 0.717) is 0 Å². The van der Waals surface area contributed by atoms with Crippen LogP contribution < -0.4 is 0 Å². The summed E-state index contributed by atoms with van der Waals surface area (Å²) in [5.74, 6) is 0. The molecule has 0 aromatic heterocycles. The molecule has 412 valence electrons. The Bertz CT molecular complexity index is 274. The smallest absolute Gasteiger partial charge is 0.0536 e. The quantitative estimate of drug-likeness (QED) is 0.0636. The van der Waals surface area contributed by atoms with Crippen molar-refractivity contribution in [3.05, 3.63) is 0 Å². The highest BCUT2D eigenvalue weighted by atomic mass is 16.0. The topological polar surface area (TPSA) is 126 Å². The van der Waals surface area contributed by atoms with E-state index in [1.807, 2.05) is 0 Å². The van der Waals surface area contributed by atoms with Crippen molar-refractivity contribution in [2.45, 2.75) is 395 Å². The molecule has 0 heterocycles. The van der Waals surface area contributed by atoms with Gasteiger partial charge in [-0.2, -0.15) is 0 Å². The van der Waals surface area contributed by atoms with E-state index in [2.05, 4.69) is 138 Å². The molecule has 0 saturated heterocycles. The first-order chi connectivity index (χ1) is 29.1. The maximum atomic E-state index is 2.23. The fourth-order valence-electron chi connectivity index (χ4n) is 5.00. The highest BCUT2D eigenvalue weighted by Crippen LogP contribution is 2.00. The van der Waals surface area contributed by atoms with Crippen LogP contribution in [0.2, 0.25) is 0 Å². The molecular formula is C60H148O4. The highest BCUT2D eigenvalue weighted by molar-refractivity contribution is 4.36. The minimum absolute atomic E-state index is 0. The van der Waals surface area contributed by atoms with Gasteiger partial charge in [0.15, 0.2) is 0 Å². The van der Waals surface area contributed by atoms with Crippen molar-refractivity contribution in [2.24, 2.45) is 0 Å². The SMILES string of the molecule is CCCCCC.CCCCCC.CCCCCC.CCCCCC.CCCCCC.CCCCCC.CCCCCC.CCCCCC.CCCCCC.CCCCCC.O.O.O.O. The van der Waals surface area contributed by atoms with E-state index in [-0.39, 0.29) is 21.9 Å². The second-order valence-corrected chi connectivity index (χ2v) is 17.1. The van der Waals surface area contributed by atoms with E-state index in [4.69, 9.17) is 0 Å². The molecule has 0 aliphatic carbocycles. The van der Waals surface area contributed by atoms with Gasteiger partial charge < -0.3 is 21.9 Å². The summed E-state index contributed by atoms with van der Waals surface area (Å²) in [7, 11) is 0. The molecule has 0 rings (SSSR count). The maximum Gasteiger partial charge on any atom is -0.0536 e. The molecule has 4 heteroatoms. The van der Waals surface area contributed by atoms with Crippen LogP contribution in [0.25, 0.3) is 0 Å². The lowest BCUT2D eigenvalue weighted by atomic mass is 10.2. The lowest BCUT2D eigenvalue weighted by Crippen LogP contribution is -1.66. The number of hydrogen-bond donors (Lipinski definition) is 0. The molecule has 0 spiro atoms. The van der Waals surface area contributed by atoms with Crippen molar-refractivity contribution < 1.29 is 21.9 Å². The van der Waals surface area contributed by atoms with E-state index >= 15 is 0 Å². The molecular weight excluding hydrogens is 785 g/mol. The fourth-order valence-corrected chi connectivity index (χ4v) is 5.00. The minimum Gasteiger partial charge on any atom is -0.412 e. The van der Waals surface area contributed by atoms with Gasteiger partial charge in [-0.25, -0.2) is 0 Å². The number of hydrogen-bond acceptors (Lipinski definition) is 0. The molecule has 64 heavy (non-hydrogen) atoms. The Labute approximate surface area is 415 Å². The molecule has 0 aliphatic heterocycles. The second kappa shape index (κ2) is 151. The van der Waals surface area contributed by atoms with E-state index < -0.39 is 0 Å². The van der Waals surface area contributed by atoms with Gasteiger partial charge in [0.2, 0.25) is 0 Å². The Morgan fingerprint density at radius 2 is 0.125 bits per heavy atom. The van der Waals surface area contributed by atoms with Crippen molar-refractivity contribution in [3.63, 3.8) is 0 Å². The van der Waals surface area contributed by atoms with Crippen LogP contribution in [0.3, 0.4) is 0 Å². The molecule has 0 atom stereocenters. The summed E-state index contributed by atoms with van der Waals surface area (Å²) in [5.41, 5.74) is 0. The zero-order valence-electron chi connectivity index (χ0n) is 50.3. The monoisotopic (exact) mass is 933 g/mol. The van der Waals surface area contributed by atoms with Gasteiger partial charge in [-0.3, -0.25) is 0 Å². The zero-order valence-corrected chi connectivity index (χ0v) is 50.3. The van der Waals surface area contributed by atoms with Crippen molar-refractivity contribution in [3.8, 4) is 0 Å². The molecule has 0 saturated carbocycles. The van der Waals surface area contributed by atoms with Crippen molar-refractivity contribution >= 4 is 0 Å². The van der Waals surface area contributed by atoms with Gasteiger partial charge in [0.05, 0.1) is 0 Å². The maximum absolute atomic E-state index is 2.23. The molecule has 8 N–H and O–H groups in total. The van der Waals surface area contributed by atoms with Gasteiger partial charge >= 0.3 is 0 Å². The van der Waals surface area contributed by atoms with Crippen LogP contribution in [0.1, 0.15) is 395 Å². The van der Waals surface area contributed by atoms with Crippen LogP contribution in [-0.4, -0.2) is 21.9 Å². The number of unbranched alkanes of at least 4 members (excludes halogenated alkanes) is 30. The van der Waals surface area contributed by atoms with E-state index in [9.17, 15) is 0 Å². The van der Waals surface area contributed by atoms with Crippen LogP contribution in [0, 0.1) is 0 Å². The van der Waals surface area contributed by atoms with Gasteiger partial charge in [-0.05, 0) is 0 Å². The Kier molecular flexibility index (Phi) is 240. The standard InChI is InChI=1S/10C6H14.4H2O/c10*1-3-5-6-4-2;;;;/h10*3-6H2,1-2H3;4*1H2. The van der Waals surface area contributed by atoms with Crippen LogP contribution >= 0.6 is 0 Å². The Hall–Kier alpha value is -0.160. The second-order valence-electron chi connectivity index (χ2n) is 17.1. The third-order valence-electron chi connectivity index (χ3n) is 9.57. The molecule has 0 radical (unpaired) electrons. The largest absolute Gasteiger partial charge is 0.412 e. The van der Waals surface area contributed by atoms with E-state index in [0.717, 1.165) is 0 Å². The van der Waals surface area contributed by atoms with Gasteiger partial charge in [0, 0.05) is 0 Å². The first-order valence-corrected chi connectivity index (χ1v) is 29.1. The van der Waals surface area contributed by atoms with Gasteiger partial charge in [-0.1, -0.05) is 395 Å². The summed E-state index contributed by atoms with van der Waals surface area (Å²) in [6.07, 6.45) is 55.4. The lowest BCUT2D eigenvalue weighted by Gasteiger charge is -1.86. The van der Waals surface area contributed by atoms with Crippen molar-refractivity contribution in [1.29, 1.82) is 0 Å². The minimum atomic E-state index is 0. The molecule has 0 aromatic rings. The molecule has 0 amide bonds. The average molecular weight is 934 g/mol. The van der Waals surface area contributed by atoms with E-state index in [1.54, 1.807) is 0 Å². The van der Waals surface area contributed by atoms with Crippen molar-refractivity contribution in [1.82, 2.24) is 0 Å². The Balaban J connectivity index is -0.0000000359. The summed E-state index contributed by atoms with van der Waals surface area (Å²) in [6.45, 7) is 44.6. The van der Waals surface area contributed by atoms with Gasteiger partial charge in [-0.15, -0.1) is 0 Å². The third-order valence-corrected chi connectivity index (χ3v) is 9.57. The Morgan fingerprint density at radius 3 is 0.141 bits per heavy atom. The predicted molar refractivity (Wildman–Crippen MR) is 313 cm³/mol. The summed E-state index contributed by atoms with van der Waals surface area (Å²) in [6, 6.07) is 0. The van der Waals surface area contributed by atoms with Crippen LogP contribution in [0.15, 0.2) is 0 Å². The number of rotatable bonds is 30. The van der Waals surface area contributed by atoms with Gasteiger partial charge in [0.1, 0.15) is 0 Å². The molecule has 0 aliphatic rings. The van der Waals surface area contributed by atoms with Crippen LogP contribution in [0.5, 0.6) is 0 Å².